The zero-order valence-electron chi connectivity index (χ0n) is 14.8. The number of benzene rings is 2. The maximum absolute atomic E-state index is 11.7. The number of amidine groups is 1. The van der Waals surface area contributed by atoms with E-state index in [1.165, 1.54) is 23.9 Å². The van der Waals surface area contributed by atoms with E-state index >= 15 is 0 Å². The second kappa shape index (κ2) is 8.81. The molecule has 0 bridgehead atoms. The molecule has 2 aromatic rings. The molecule has 0 aromatic heterocycles. The van der Waals surface area contributed by atoms with Gasteiger partial charge in [-0.3, -0.25) is 0 Å². The van der Waals surface area contributed by atoms with Crippen LogP contribution in [0.15, 0.2) is 52.4 Å². The smallest absolute Gasteiger partial charge is 0.262 e. The molecular weight excluding hydrogens is 511 g/mol. The molecule has 1 heterocycles. The average molecular weight is 528 g/mol. The summed E-state index contributed by atoms with van der Waals surface area (Å²) in [6.45, 7) is 0. The number of ether oxygens (including phenoxy) is 1. The van der Waals surface area contributed by atoms with Crippen LogP contribution in [0.25, 0.3) is 0 Å². The van der Waals surface area contributed by atoms with E-state index in [1.807, 2.05) is 0 Å². The van der Waals surface area contributed by atoms with Gasteiger partial charge in [0.2, 0.25) is 0 Å². The van der Waals surface area contributed by atoms with Gasteiger partial charge in [0, 0.05) is 23.3 Å². The predicted molar refractivity (Wildman–Crippen MR) is 119 cm³/mol. The Hall–Kier alpha value is -0.970. The molecule has 152 valence electrons. The lowest BCUT2D eigenvalue weighted by molar-refractivity contribution is -0.0349. The standard InChI is InChI=1S/C17H16Cl2N2O4S2.BrH/c1-21-16(20-12-4-6-13(25-2)7-5-12)26-10-17(21,22)11-3-8-14(18)15(9-11)27(19,23)24;/h3-9,22H,10H2,1-2H3;1H. The molecule has 1 unspecified atom stereocenters. The van der Waals surface area contributed by atoms with Crippen LogP contribution in [0.3, 0.4) is 0 Å². The first kappa shape index (κ1) is 23.3. The Labute approximate surface area is 187 Å². The summed E-state index contributed by atoms with van der Waals surface area (Å²) in [5, 5.41) is 11.8. The quantitative estimate of drug-likeness (QED) is 0.595. The SMILES string of the molecule is Br.COc1ccc(N=C2SCC(O)(c3ccc(Cl)c(S(=O)(=O)Cl)c3)N2C)cc1. The third-order valence-electron chi connectivity index (χ3n) is 4.20. The molecule has 1 atom stereocenters. The van der Waals surface area contributed by atoms with Crippen molar-refractivity contribution in [3.05, 3.63) is 53.1 Å². The van der Waals surface area contributed by atoms with Gasteiger partial charge in [0.05, 0.1) is 23.6 Å². The molecule has 1 aliphatic rings. The molecule has 1 saturated heterocycles. The minimum atomic E-state index is -4.04. The first-order valence-electron chi connectivity index (χ1n) is 7.71. The van der Waals surface area contributed by atoms with Crippen LogP contribution in [0.2, 0.25) is 5.02 Å². The molecule has 3 rings (SSSR count). The third-order valence-corrected chi connectivity index (χ3v) is 7.17. The zero-order chi connectivity index (χ0) is 19.8. The van der Waals surface area contributed by atoms with Crippen molar-refractivity contribution < 1.29 is 18.3 Å². The fourth-order valence-corrected chi connectivity index (χ4v) is 5.31. The van der Waals surface area contributed by atoms with Crippen molar-refractivity contribution in [1.82, 2.24) is 4.90 Å². The highest BCUT2D eigenvalue weighted by atomic mass is 79.9. The summed E-state index contributed by atoms with van der Waals surface area (Å²) in [5.74, 6) is 0.987. The monoisotopic (exact) mass is 526 g/mol. The van der Waals surface area contributed by atoms with E-state index in [0.717, 1.165) is 5.75 Å². The van der Waals surface area contributed by atoms with Crippen LogP contribution in [-0.2, 0) is 14.8 Å². The molecule has 0 radical (unpaired) electrons. The van der Waals surface area contributed by atoms with Gasteiger partial charge in [-0.2, -0.15) is 0 Å². The number of rotatable bonds is 4. The first-order chi connectivity index (χ1) is 12.6. The van der Waals surface area contributed by atoms with Gasteiger partial charge >= 0.3 is 0 Å². The highest BCUT2D eigenvalue weighted by Gasteiger charge is 2.43. The molecule has 11 heteroatoms. The van der Waals surface area contributed by atoms with Crippen LogP contribution in [0.5, 0.6) is 5.75 Å². The van der Waals surface area contributed by atoms with Gasteiger partial charge in [0.25, 0.3) is 9.05 Å². The van der Waals surface area contributed by atoms with Crippen molar-refractivity contribution >= 4 is 70.9 Å². The predicted octanol–water partition coefficient (Wildman–Crippen LogP) is 4.37. The number of thioether (sulfide) groups is 1. The van der Waals surface area contributed by atoms with E-state index in [2.05, 4.69) is 4.99 Å². The lowest BCUT2D eigenvalue weighted by Gasteiger charge is -2.31. The summed E-state index contributed by atoms with van der Waals surface area (Å²) in [6, 6.07) is 11.5. The molecule has 0 spiro atoms. The number of halogens is 3. The molecule has 1 aliphatic heterocycles. The van der Waals surface area contributed by atoms with Crippen LogP contribution < -0.4 is 4.74 Å². The van der Waals surface area contributed by atoms with Crippen molar-refractivity contribution in [3.8, 4) is 5.75 Å². The van der Waals surface area contributed by atoms with E-state index in [1.54, 1.807) is 49.4 Å². The number of aliphatic hydroxyl groups is 1. The Balaban J connectivity index is 0.00000280. The van der Waals surface area contributed by atoms with Crippen molar-refractivity contribution in [2.75, 3.05) is 19.9 Å². The molecule has 28 heavy (non-hydrogen) atoms. The number of hydrogen-bond acceptors (Lipinski definition) is 6. The van der Waals surface area contributed by atoms with Gasteiger partial charge < -0.3 is 14.7 Å². The summed E-state index contributed by atoms with van der Waals surface area (Å²) in [5.41, 5.74) is -0.382. The lowest BCUT2D eigenvalue weighted by atomic mass is 10.0. The molecule has 0 amide bonds. The Kier molecular flexibility index (Phi) is 7.33. The normalized spacial score (nSPS) is 20.9. The second-order valence-corrected chi connectivity index (χ2v) is 9.72. The number of nitrogens with zero attached hydrogens (tertiary/aromatic N) is 2. The maximum Gasteiger partial charge on any atom is 0.262 e. The molecule has 1 fully saturated rings. The van der Waals surface area contributed by atoms with E-state index in [4.69, 9.17) is 27.0 Å². The summed E-state index contributed by atoms with van der Waals surface area (Å²) < 4.78 is 28.5. The van der Waals surface area contributed by atoms with E-state index in [0.29, 0.717) is 16.4 Å². The Morgan fingerprint density at radius 1 is 1.25 bits per heavy atom. The summed E-state index contributed by atoms with van der Waals surface area (Å²) in [4.78, 5) is 5.90. The molecular formula is C17H17BrCl2N2O4S2. The van der Waals surface area contributed by atoms with Crippen LogP contribution >= 0.6 is 51.0 Å². The fourth-order valence-electron chi connectivity index (χ4n) is 2.61. The molecule has 1 N–H and O–H groups in total. The van der Waals surface area contributed by atoms with Crippen LogP contribution in [0, 0.1) is 0 Å². The van der Waals surface area contributed by atoms with Gasteiger partial charge in [0.15, 0.2) is 10.9 Å². The van der Waals surface area contributed by atoms with Gasteiger partial charge in [-0.1, -0.05) is 29.4 Å². The van der Waals surface area contributed by atoms with E-state index in [-0.39, 0.29) is 32.7 Å². The largest absolute Gasteiger partial charge is 0.497 e. The van der Waals surface area contributed by atoms with Crippen molar-refractivity contribution in [2.45, 2.75) is 10.6 Å². The third kappa shape index (κ3) is 4.60. The minimum Gasteiger partial charge on any atom is -0.497 e. The zero-order valence-corrected chi connectivity index (χ0v) is 19.7. The number of aliphatic imine (C=N–C) groups is 1. The van der Waals surface area contributed by atoms with Crippen LogP contribution in [-0.4, -0.2) is 43.5 Å². The number of methoxy groups -OCH3 is 1. The van der Waals surface area contributed by atoms with Gasteiger partial charge in [-0.05, 0) is 36.4 Å². The Morgan fingerprint density at radius 3 is 2.46 bits per heavy atom. The van der Waals surface area contributed by atoms with Crippen LogP contribution in [0.4, 0.5) is 5.69 Å². The molecule has 0 aliphatic carbocycles. The molecule has 6 nitrogen and oxygen atoms in total. The Morgan fingerprint density at radius 2 is 1.89 bits per heavy atom. The second-order valence-electron chi connectivity index (χ2n) is 5.84. The number of hydrogen-bond donors (Lipinski definition) is 1. The highest BCUT2D eigenvalue weighted by molar-refractivity contribution is 8.93. The maximum atomic E-state index is 11.7. The van der Waals surface area contributed by atoms with Gasteiger partial charge in [0.1, 0.15) is 10.6 Å². The summed E-state index contributed by atoms with van der Waals surface area (Å²) in [7, 11) is 4.67. The molecule has 2 aromatic carbocycles. The van der Waals surface area contributed by atoms with Crippen molar-refractivity contribution in [1.29, 1.82) is 0 Å². The average Bonchev–Trinajstić information content (AvgIpc) is 2.91. The lowest BCUT2D eigenvalue weighted by Crippen LogP contribution is -2.42. The topological polar surface area (TPSA) is 79.2 Å². The van der Waals surface area contributed by atoms with Crippen molar-refractivity contribution in [2.24, 2.45) is 4.99 Å². The van der Waals surface area contributed by atoms with Gasteiger partial charge in [-0.15, -0.1) is 17.0 Å². The summed E-state index contributed by atoms with van der Waals surface area (Å²) >= 11 is 7.29. The Bertz CT molecular complexity index is 1000. The minimum absolute atomic E-state index is 0. The highest BCUT2D eigenvalue weighted by Crippen LogP contribution is 2.40. The van der Waals surface area contributed by atoms with E-state index < -0.39 is 14.8 Å². The van der Waals surface area contributed by atoms with Gasteiger partial charge in [-0.25, -0.2) is 13.4 Å². The van der Waals surface area contributed by atoms with Crippen molar-refractivity contribution in [3.63, 3.8) is 0 Å². The molecule has 0 saturated carbocycles. The summed E-state index contributed by atoms with van der Waals surface area (Å²) in [6.07, 6.45) is 0. The first-order valence-corrected chi connectivity index (χ1v) is 11.4. The fraction of sp³-hybridized carbons (Fsp3) is 0.235. The van der Waals surface area contributed by atoms with E-state index in [9.17, 15) is 13.5 Å². The van der Waals surface area contributed by atoms with Crippen LogP contribution in [0.1, 0.15) is 5.56 Å².